The van der Waals surface area contributed by atoms with E-state index >= 15 is 0 Å². The number of halogens is 1. The first-order valence-electron chi connectivity index (χ1n) is 11.7. The molecule has 0 aliphatic carbocycles. The van der Waals surface area contributed by atoms with Gasteiger partial charge in [-0.25, -0.2) is 4.39 Å². The summed E-state index contributed by atoms with van der Waals surface area (Å²) in [5.74, 6) is -0.178. The number of amides is 1. The maximum atomic E-state index is 13.8. The van der Waals surface area contributed by atoms with Crippen molar-refractivity contribution in [3.63, 3.8) is 0 Å². The quantitative estimate of drug-likeness (QED) is 0.581. The van der Waals surface area contributed by atoms with Crippen LogP contribution in [-0.4, -0.2) is 42.4 Å². The molecule has 3 aromatic rings. The Kier molecular flexibility index (Phi) is 5.64. The second kappa shape index (κ2) is 8.61. The number of fused-ring (bicyclic) bond motifs is 1. The molecule has 1 amide bonds. The van der Waals surface area contributed by atoms with Crippen LogP contribution in [0.1, 0.15) is 36.0 Å². The van der Waals surface area contributed by atoms with Gasteiger partial charge in [-0.05, 0) is 85.6 Å². The third-order valence-corrected chi connectivity index (χ3v) is 7.70. The van der Waals surface area contributed by atoms with Gasteiger partial charge in [0.05, 0.1) is 11.6 Å². The molecule has 1 unspecified atom stereocenters. The molecule has 1 atom stereocenters. The minimum absolute atomic E-state index is 0.109. The molecule has 2 saturated heterocycles. The number of carbonyl (C=O) groups excluding carboxylic acids is 1. The first kappa shape index (κ1) is 21.6. The Morgan fingerprint density at radius 3 is 2.52 bits per heavy atom. The van der Waals surface area contributed by atoms with Gasteiger partial charge in [0.2, 0.25) is 5.91 Å². The van der Waals surface area contributed by atoms with Gasteiger partial charge >= 0.3 is 0 Å². The summed E-state index contributed by atoms with van der Waals surface area (Å²) in [6, 6.07) is 20.9. The number of nitrogens with zero attached hydrogens (tertiary/aromatic N) is 3. The lowest BCUT2D eigenvalue weighted by molar-refractivity contribution is -0.134. The Morgan fingerprint density at radius 1 is 1.06 bits per heavy atom. The van der Waals surface area contributed by atoms with E-state index in [-0.39, 0.29) is 23.1 Å². The molecule has 5 rings (SSSR count). The molecule has 0 aromatic heterocycles. The number of nitriles is 1. The minimum Gasteiger partial charge on any atom is -0.338 e. The van der Waals surface area contributed by atoms with Crippen LogP contribution in [0.4, 0.5) is 4.39 Å². The van der Waals surface area contributed by atoms with E-state index in [0.717, 1.165) is 54.3 Å². The molecule has 2 aliphatic heterocycles. The molecule has 0 spiro atoms. The first-order valence-corrected chi connectivity index (χ1v) is 11.7. The highest BCUT2D eigenvalue weighted by atomic mass is 19.1. The highest BCUT2D eigenvalue weighted by Crippen LogP contribution is 2.46. The first-order chi connectivity index (χ1) is 16.0. The molecule has 168 valence electrons. The predicted molar refractivity (Wildman–Crippen MR) is 127 cm³/mol. The maximum Gasteiger partial charge on any atom is 0.226 e. The van der Waals surface area contributed by atoms with Crippen molar-refractivity contribution < 1.29 is 9.18 Å². The van der Waals surface area contributed by atoms with E-state index in [1.165, 1.54) is 12.1 Å². The van der Waals surface area contributed by atoms with Crippen LogP contribution >= 0.6 is 0 Å². The molecule has 3 aromatic carbocycles. The highest BCUT2D eigenvalue weighted by molar-refractivity contribution is 5.88. The standard InChI is InChI=1S/C28H28FN3O/c1-31-14-11-28(12-15-31,23-6-8-24(29)9-7-23)26-10-13-32(27(26)33)19-22-17-20(18-30)16-21-4-2-3-5-25(21)22/h2-9,16-17,26H,10-15,19H2,1H3. The molecule has 5 heteroatoms. The van der Waals surface area contributed by atoms with E-state index in [1.807, 2.05) is 47.4 Å². The van der Waals surface area contributed by atoms with Crippen LogP contribution in [0.3, 0.4) is 0 Å². The maximum absolute atomic E-state index is 13.8. The summed E-state index contributed by atoms with van der Waals surface area (Å²) in [6.07, 6.45) is 2.59. The van der Waals surface area contributed by atoms with Gasteiger partial charge in [0, 0.05) is 24.4 Å². The van der Waals surface area contributed by atoms with Gasteiger partial charge in [0.25, 0.3) is 0 Å². The fraction of sp³-hybridized carbons (Fsp3) is 0.357. The van der Waals surface area contributed by atoms with Crippen LogP contribution < -0.4 is 0 Å². The van der Waals surface area contributed by atoms with E-state index in [0.29, 0.717) is 18.7 Å². The van der Waals surface area contributed by atoms with E-state index < -0.39 is 0 Å². The minimum atomic E-state index is -0.261. The molecule has 0 bridgehead atoms. The largest absolute Gasteiger partial charge is 0.338 e. The molecular formula is C28H28FN3O. The molecular weight excluding hydrogens is 413 g/mol. The topological polar surface area (TPSA) is 47.3 Å². The van der Waals surface area contributed by atoms with Crippen LogP contribution in [0.5, 0.6) is 0 Å². The van der Waals surface area contributed by atoms with Gasteiger partial charge in [-0.1, -0.05) is 36.4 Å². The van der Waals surface area contributed by atoms with Gasteiger partial charge in [-0.2, -0.15) is 5.26 Å². The Bertz CT molecular complexity index is 1220. The van der Waals surface area contributed by atoms with Crippen molar-refractivity contribution in [2.24, 2.45) is 5.92 Å². The lowest BCUT2D eigenvalue weighted by Crippen LogP contribution is -2.48. The zero-order valence-corrected chi connectivity index (χ0v) is 18.9. The van der Waals surface area contributed by atoms with Crippen molar-refractivity contribution in [3.05, 3.63) is 83.2 Å². The Morgan fingerprint density at radius 2 is 1.79 bits per heavy atom. The number of hydrogen-bond acceptors (Lipinski definition) is 3. The van der Waals surface area contributed by atoms with E-state index in [9.17, 15) is 14.4 Å². The zero-order valence-electron chi connectivity index (χ0n) is 18.9. The normalized spacial score (nSPS) is 20.8. The molecule has 0 radical (unpaired) electrons. The number of likely N-dealkylation sites (tertiary alicyclic amines) is 2. The van der Waals surface area contributed by atoms with Crippen molar-refractivity contribution in [2.45, 2.75) is 31.2 Å². The summed E-state index contributed by atoms with van der Waals surface area (Å²) >= 11 is 0. The average Bonchev–Trinajstić information content (AvgIpc) is 3.20. The molecule has 33 heavy (non-hydrogen) atoms. The van der Waals surface area contributed by atoms with E-state index in [2.05, 4.69) is 24.1 Å². The fourth-order valence-electron chi connectivity index (χ4n) is 5.84. The van der Waals surface area contributed by atoms with Crippen molar-refractivity contribution in [3.8, 4) is 6.07 Å². The van der Waals surface area contributed by atoms with Crippen molar-refractivity contribution in [2.75, 3.05) is 26.7 Å². The van der Waals surface area contributed by atoms with Gasteiger partial charge in [0.1, 0.15) is 5.82 Å². The fourth-order valence-corrected chi connectivity index (χ4v) is 5.84. The Hall–Kier alpha value is -3.23. The predicted octanol–water partition coefficient (Wildman–Crippen LogP) is 4.86. The summed E-state index contributed by atoms with van der Waals surface area (Å²) < 4.78 is 13.7. The van der Waals surface area contributed by atoms with Crippen LogP contribution in [-0.2, 0) is 16.8 Å². The van der Waals surface area contributed by atoms with Crippen LogP contribution in [0, 0.1) is 23.1 Å². The number of benzene rings is 3. The number of carbonyl (C=O) groups is 1. The molecule has 4 nitrogen and oxygen atoms in total. The van der Waals surface area contributed by atoms with Crippen LogP contribution in [0.15, 0.2) is 60.7 Å². The SMILES string of the molecule is CN1CCC(c2ccc(F)cc2)(C2CCN(Cc3cc(C#N)cc4ccccc34)C2=O)CC1. The van der Waals surface area contributed by atoms with Crippen molar-refractivity contribution >= 4 is 16.7 Å². The lowest BCUT2D eigenvalue weighted by Gasteiger charge is -2.44. The lowest BCUT2D eigenvalue weighted by atomic mass is 9.64. The van der Waals surface area contributed by atoms with Crippen LogP contribution in [0.25, 0.3) is 10.8 Å². The average molecular weight is 442 g/mol. The Balaban J connectivity index is 1.46. The van der Waals surface area contributed by atoms with Gasteiger partial charge in [-0.3, -0.25) is 4.79 Å². The van der Waals surface area contributed by atoms with E-state index in [4.69, 9.17) is 0 Å². The number of hydrogen-bond donors (Lipinski definition) is 0. The summed E-state index contributed by atoms with van der Waals surface area (Å²) in [4.78, 5) is 18.1. The molecule has 2 aliphatic rings. The second-order valence-electron chi connectivity index (χ2n) is 9.54. The molecule has 0 N–H and O–H groups in total. The molecule has 2 heterocycles. The zero-order chi connectivity index (χ0) is 23.0. The summed E-state index contributed by atoms with van der Waals surface area (Å²) in [6.45, 7) is 3.06. The van der Waals surface area contributed by atoms with E-state index in [1.54, 1.807) is 0 Å². The summed E-state index contributed by atoms with van der Waals surface area (Å²) in [5, 5.41) is 11.6. The van der Waals surface area contributed by atoms with Crippen molar-refractivity contribution in [1.29, 1.82) is 5.26 Å². The number of piperidine rings is 1. The van der Waals surface area contributed by atoms with Crippen LogP contribution in [0.2, 0.25) is 0 Å². The van der Waals surface area contributed by atoms with Gasteiger partial charge in [0.15, 0.2) is 0 Å². The third-order valence-electron chi connectivity index (χ3n) is 7.70. The monoisotopic (exact) mass is 441 g/mol. The molecule has 0 saturated carbocycles. The summed E-state index contributed by atoms with van der Waals surface area (Å²) in [5.41, 5.74) is 2.44. The smallest absolute Gasteiger partial charge is 0.226 e. The Labute approximate surface area is 194 Å². The summed E-state index contributed by atoms with van der Waals surface area (Å²) in [7, 11) is 2.12. The molecule has 2 fully saturated rings. The third kappa shape index (κ3) is 3.89. The second-order valence-corrected chi connectivity index (χ2v) is 9.54. The van der Waals surface area contributed by atoms with Gasteiger partial charge < -0.3 is 9.80 Å². The van der Waals surface area contributed by atoms with Crippen molar-refractivity contribution in [1.82, 2.24) is 9.80 Å². The van der Waals surface area contributed by atoms with Gasteiger partial charge in [-0.15, -0.1) is 0 Å². The number of rotatable bonds is 4. The highest BCUT2D eigenvalue weighted by Gasteiger charge is 2.49.